The molecule has 1 aromatic carbocycles. The highest BCUT2D eigenvalue weighted by atomic mass is 16.5. The summed E-state index contributed by atoms with van der Waals surface area (Å²) < 4.78 is 5.94. The molecule has 0 N–H and O–H groups in total. The monoisotopic (exact) mass is 462 g/mol. The number of benzene rings is 1. The van der Waals surface area contributed by atoms with Crippen molar-refractivity contribution in [2.75, 3.05) is 6.61 Å². The van der Waals surface area contributed by atoms with Gasteiger partial charge in [0.1, 0.15) is 12.4 Å². The van der Waals surface area contributed by atoms with Crippen molar-refractivity contribution < 1.29 is 4.74 Å². The maximum Gasteiger partial charge on any atom is 0.159 e. The molecule has 0 aliphatic heterocycles. The van der Waals surface area contributed by atoms with Crippen LogP contribution in [-0.2, 0) is 6.42 Å². The first kappa shape index (κ1) is 26.4. The first-order chi connectivity index (χ1) is 16.8. The number of ether oxygens (including phenoxy) is 1. The van der Waals surface area contributed by atoms with Crippen LogP contribution in [0.3, 0.4) is 0 Å². The summed E-state index contributed by atoms with van der Waals surface area (Å²) in [6.45, 7) is 5.19. The zero-order valence-electron chi connectivity index (χ0n) is 21.7. The van der Waals surface area contributed by atoms with Crippen molar-refractivity contribution >= 4 is 0 Å². The molecular weight excluding hydrogens is 416 g/mol. The molecule has 1 aliphatic rings. The zero-order valence-corrected chi connectivity index (χ0v) is 21.7. The van der Waals surface area contributed by atoms with Gasteiger partial charge in [-0.2, -0.15) is 0 Å². The summed E-state index contributed by atoms with van der Waals surface area (Å²) in [6, 6.07) is 8.16. The Morgan fingerprint density at radius 3 is 2.21 bits per heavy atom. The predicted molar refractivity (Wildman–Crippen MR) is 144 cm³/mol. The second-order valence-electron chi connectivity index (χ2n) is 10.1. The minimum absolute atomic E-state index is 0.638. The Kier molecular flexibility index (Phi) is 12.2. The van der Waals surface area contributed by atoms with Gasteiger partial charge in [-0.1, -0.05) is 77.4 Å². The molecule has 1 aliphatic carbocycles. The van der Waals surface area contributed by atoms with E-state index in [2.05, 4.69) is 48.1 Å². The van der Waals surface area contributed by atoms with Gasteiger partial charge in [0.25, 0.3) is 0 Å². The topological polar surface area (TPSA) is 35.0 Å². The van der Waals surface area contributed by atoms with Gasteiger partial charge in [0, 0.05) is 18.0 Å². The van der Waals surface area contributed by atoms with Crippen molar-refractivity contribution in [2.24, 2.45) is 11.8 Å². The van der Waals surface area contributed by atoms with Crippen molar-refractivity contribution in [2.45, 2.75) is 104 Å². The van der Waals surface area contributed by atoms with Gasteiger partial charge in [0.2, 0.25) is 0 Å². The smallest absolute Gasteiger partial charge is 0.159 e. The van der Waals surface area contributed by atoms with E-state index in [1.807, 2.05) is 24.5 Å². The third kappa shape index (κ3) is 9.60. The van der Waals surface area contributed by atoms with Crippen molar-refractivity contribution in [3.8, 4) is 17.1 Å². The fourth-order valence-corrected chi connectivity index (χ4v) is 5.01. The standard InChI is InChI=1S/C31H46N2O/c1-3-5-7-8-10-13-28-24-32-31(33-25-28)29-19-21-30(22-20-29)34-23-11-14-27-17-15-26(16-18-27)12-9-6-4-2/h11,14,19-22,24-27H,3-10,12-13,15-18,23H2,1-2H3/t26-,27-. The molecule has 0 unspecified atom stereocenters. The van der Waals surface area contributed by atoms with Crippen molar-refractivity contribution in [3.05, 3.63) is 54.4 Å². The molecule has 1 saturated carbocycles. The fourth-order valence-electron chi connectivity index (χ4n) is 5.01. The summed E-state index contributed by atoms with van der Waals surface area (Å²) in [7, 11) is 0. The quantitative estimate of drug-likeness (QED) is 0.196. The van der Waals surface area contributed by atoms with Crippen LogP contribution in [0, 0.1) is 11.8 Å². The molecule has 34 heavy (non-hydrogen) atoms. The Bertz CT molecular complexity index is 804. The summed E-state index contributed by atoms with van der Waals surface area (Å²) in [4.78, 5) is 9.17. The lowest BCUT2D eigenvalue weighted by Gasteiger charge is -2.26. The Balaban J connectivity index is 1.35. The van der Waals surface area contributed by atoms with Gasteiger partial charge in [-0.25, -0.2) is 9.97 Å². The van der Waals surface area contributed by atoms with Crippen molar-refractivity contribution in [1.82, 2.24) is 9.97 Å². The van der Waals surface area contributed by atoms with Crippen LogP contribution in [0.1, 0.15) is 103 Å². The van der Waals surface area contributed by atoms with Crippen LogP contribution < -0.4 is 4.74 Å². The van der Waals surface area contributed by atoms with E-state index in [0.29, 0.717) is 6.61 Å². The average Bonchev–Trinajstić information content (AvgIpc) is 2.88. The van der Waals surface area contributed by atoms with Crippen LogP contribution in [0.25, 0.3) is 11.4 Å². The number of hydrogen-bond donors (Lipinski definition) is 0. The number of aryl methyl sites for hydroxylation is 1. The Morgan fingerprint density at radius 1 is 0.824 bits per heavy atom. The molecule has 0 bridgehead atoms. The maximum atomic E-state index is 5.94. The van der Waals surface area contributed by atoms with E-state index < -0.39 is 0 Å². The number of aromatic nitrogens is 2. The van der Waals surface area contributed by atoms with Gasteiger partial charge in [0.05, 0.1) is 0 Å². The van der Waals surface area contributed by atoms with E-state index in [0.717, 1.165) is 35.4 Å². The molecular formula is C31H46N2O. The van der Waals surface area contributed by atoms with E-state index in [1.165, 1.54) is 89.0 Å². The largest absolute Gasteiger partial charge is 0.490 e. The molecule has 0 spiro atoms. The summed E-state index contributed by atoms with van der Waals surface area (Å²) in [6.07, 6.45) is 27.2. The molecule has 3 heteroatoms. The van der Waals surface area contributed by atoms with Crippen LogP contribution in [0.4, 0.5) is 0 Å². The minimum atomic E-state index is 0.638. The third-order valence-electron chi connectivity index (χ3n) is 7.25. The van der Waals surface area contributed by atoms with Gasteiger partial charge in [-0.05, 0) is 80.2 Å². The van der Waals surface area contributed by atoms with E-state index in [4.69, 9.17) is 4.74 Å². The number of nitrogens with zero attached hydrogens (tertiary/aromatic N) is 2. The Morgan fingerprint density at radius 2 is 1.50 bits per heavy atom. The zero-order chi connectivity index (χ0) is 23.8. The minimum Gasteiger partial charge on any atom is -0.490 e. The SMILES string of the molecule is CCCCCCCc1cnc(-c2ccc(OCC=C[C@H]3CC[C@H](CCCCC)CC3)cc2)nc1. The average molecular weight is 463 g/mol. The lowest BCUT2D eigenvalue weighted by molar-refractivity contribution is 0.288. The lowest BCUT2D eigenvalue weighted by Crippen LogP contribution is -2.13. The van der Waals surface area contributed by atoms with Crippen LogP contribution in [0.15, 0.2) is 48.8 Å². The first-order valence-electron chi connectivity index (χ1n) is 14.0. The van der Waals surface area contributed by atoms with Gasteiger partial charge >= 0.3 is 0 Å². The van der Waals surface area contributed by atoms with Crippen LogP contribution in [0.2, 0.25) is 0 Å². The molecule has 0 radical (unpaired) electrons. The highest BCUT2D eigenvalue weighted by Crippen LogP contribution is 2.32. The van der Waals surface area contributed by atoms with Gasteiger partial charge < -0.3 is 4.74 Å². The summed E-state index contributed by atoms with van der Waals surface area (Å²) in [5.74, 6) is 3.40. The van der Waals surface area contributed by atoms with Crippen LogP contribution in [0.5, 0.6) is 5.75 Å². The van der Waals surface area contributed by atoms with Gasteiger partial charge in [-0.3, -0.25) is 0 Å². The number of hydrogen-bond acceptors (Lipinski definition) is 3. The van der Waals surface area contributed by atoms with Gasteiger partial charge in [-0.15, -0.1) is 0 Å². The lowest BCUT2D eigenvalue weighted by atomic mass is 9.79. The summed E-state index contributed by atoms with van der Waals surface area (Å²) >= 11 is 0. The molecule has 3 nitrogen and oxygen atoms in total. The van der Waals surface area contributed by atoms with Gasteiger partial charge in [0.15, 0.2) is 5.82 Å². The van der Waals surface area contributed by atoms with E-state index in [9.17, 15) is 0 Å². The highest BCUT2D eigenvalue weighted by Gasteiger charge is 2.18. The molecule has 0 saturated heterocycles. The second-order valence-corrected chi connectivity index (χ2v) is 10.1. The maximum absolute atomic E-state index is 5.94. The third-order valence-corrected chi connectivity index (χ3v) is 7.25. The Hall–Kier alpha value is -2.16. The molecule has 1 aromatic heterocycles. The summed E-state index contributed by atoms with van der Waals surface area (Å²) in [5.41, 5.74) is 2.27. The molecule has 2 aromatic rings. The molecule has 0 atom stereocenters. The first-order valence-corrected chi connectivity index (χ1v) is 14.0. The van der Waals surface area contributed by atoms with Crippen molar-refractivity contribution in [1.29, 1.82) is 0 Å². The fraction of sp³-hybridized carbons (Fsp3) is 0.613. The van der Waals surface area contributed by atoms with Crippen molar-refractivity contribution in [3.63, 3.8) is 0 Å². The number of allylic oxidation sites excluding steroid dienone is 1. The predicted octanol–water partition coefficient (Wildman–Crippen LogP) is 8.98. The normalized spacial score (nSPS) is 18.4. The van der Waals surface area contributed by atoms with E-state index >= 15 is 0 Å². The molecule has 1 heterocycles. The molecule has 1 fully saturated rings. The highest BCUT2D eigenvalue weighted by molar-refractivity contribution is 5.55. The van der Waals surface area contributed by atoms with Crippen LogP contribution >= 0.6 is 0 Å². The Labute approximate surface area is 208 Å². The van der Waals surface area contributed by atoms with Crippen LogP contribution in [-0.4, -0.2) is 16.6 Å². The summed E-state index contributed by atoms with van der Waals surface area (Å²) in [5, 5.41) is 0. The van der Waals surface area contributed by atoms with E-state index in [-0.39, 0.29) is 0 Å². The number of unbranched alkanes of at least 4 members (excludes halogenated alkanes) is 6. The second kappa shape index (κ2) is 15.7. The number of rotatable bonds is 15. The molecule has 186 valence electrons. The molecule has 0 amide bonds. The molecule has 3 rings (SSSR count). The van der Waals surface area contributed by atoms with E-state index in [1.54, 1.807) is 0 Å².